The molecule has 0 spiro atoms. The van der Waals surface area contributed by atoms with Crippen molar-refractivity contribution in [1.82, 2.24) is 5.32 Å². The minimum atomic E-state index is -0.225. The SMILES string of the molecule is Cc1ccccc1/C=N\OCC(=O)NCc1ccc(Cl)cc1. The van der Waals surface area contributed by atoms with E-state index in [0.717, 1.165) is 16.7 Å². The summed E-state index contributed by atoms with van der Waals surface area (Å²) in [4.78, 5) is 16.6. The molecule has 0 saturated heterocycles. The van der Waals surface area contributed by atoms with Crippen LogP contribution in [-0.2, 0) is 16.2 Å². The lowest BCUT2D eigenvalue weighted by Gasteiger charge is -2.04. The highest BCUT2D eigenvalue weighted by Gasteiger charge is 2.01. The first-order valence-electron chi connectivity index (χ1n) is 6.87. The van der Waals surface area contributed by atoms with Crippen molar-refractivity contribution < 1.29 is 9.63 Å². The number of halogens is 1. The Hall–Kier alpha value is -2.33. The number of aryl methyl sites for hydroxylation is 1. The van der Waals surface area contributed by atoms with Crippen LogP contribution < -0.4 is 5.32 Å². The van der Waals surface area contributed by atoms with Crippen LogP contribution in [0.15, 0.2) is 53.7 Å². The van der Waals surface area contributed by atoms with Crippen molar-refractivity contribution in [2.45, 2.75) is 13.5 Å². The second-order valence-corrected chi connectivity index (χ2v) is 5.20. The third-order valence-corrected chi connectivity index (χ3v) is 3.31. The molecule has 5 heteroatoms. The molecule has 0 saturated carbocycles. The first-order chi connectivity index (χ1) is 10.6. The summed E-state index contributed by atoms with van der Waals surface area (Å²) in [6.45, 7) is 2.30. The van der Waals surface area contributed by atoms with Crippen LogP contribution in [0.1, 0.15) is 16.7 Å². The molecule has 0 heterocycles. The number of carbonyl (C=O) groups excluding carboxylic acids is 1. The van der Waals surface area contributed by atoms with E-state index < -0.39 is 0 Å². The lowest BCUT2D eigenvalue weighted by molar-refractivity contribution is -0.125. The molecule has 0 radical (unpaired) electrons. The monoisotopic (exact) mass is 316 g/mol. The first-order valence-corrected chi connectivity index (χ1v) is 7.25. The van der Waals surface area contributed by atoms with Crippen LogP contribution in [0, 0.1) is 6.92 Å². The maximum atomic E-state index is 11.6. The quantitative estimate of drug-likeness (QED) is 0.656. The van der Waals surface area contributed by atoms with E-state index in [9.17, 15) is 4.79 Å². The van der Waals surface area contributed by atoms with E-state index in [2.05, 4.69) is 10.5 Å². The number of amides is 1. The van der Waals surface area contributed by atoms with Gasteiger partial charge in [-0.2, -0.15) is 0 Å². The number of carbonyl (C=O) groups is 1. The van der Waals surface area contributed by atoms with E-state index in [4.69, 9.17) is 16.4 Å². The van der Waals surface area contributed by atoms with Gasteiger partial charge in [-0.15, -0.1) is 0 Å². The predicted molar refractivity (Wildman–Crippen MR) is 88.0 cm³/mol. The van der Waals surface area contributed by atoms with Crippen molar-refractivity contribution in [3.8, 4) is 0 Å². The Morgan fingerprint density at radius 2 is 1.95 bits per heavy atom. The fourth-order valence-electron chi connectivity index (χ4n) is 1.78. The fourth-order valence-corrected chi connectivity index (χ4v) is 1.90. The summed E-state index contributed by atoms with van der Waals surface area (Å²) in [5.41, 5.74) is 3.03. The number of benzene rings is 2. The zero-order valence-electron chi connectivity index (χ0n) is 12.3. The van der Waals surface area contributed by atoms with E-state index >= 15 is 0 Å². The van der Waals surface area contributed by atoms with Gasteiger partial charge >= 0.3 is 0 Å². The molecule has 0 atom stereocenters. The Balaban J connectivity index is 1.72. The van der Waals surface area contributed by atoms with Gasteiger partial charge in [0.25, 0.3) is 5.91 Å². The molecule has 114 valence electrons. The minimum absolute atomic E-state index is 0.115. The summed E-state index contributed by atoms with van der Waals surface area (Å²) >= 11 is 5.80. The van der Waals surface area contributed by atoms with E-state index in [1.54, 1.807) is 18.3 Å². The molecule has 1 N–H and O–H groups in total. The molecule has 2 aromatic carbocycles. The molecule has 22 heavy (non-hydrogen) atoms. The van der Waals surface area contributed by atoms with Crippen LogP contribution in [0.25, 0.3) is 0 Å². The third-order valence-electron chi connectivity index (χ3n) is 3.05. The van der Waals surface area contributed by atoms with Gasteiger partial charge in [0.2, 0.25) is 0 Å². The molecular formula is C17H17ClN2O2. The van der Waals surface area contributed by atoms with Gasteiger partial charge in [-0.05, 0) is 35.7 Å². The lowest BCUT2D eigenvalue weighted by Crippen LogP contribution is -2.26. The minimum Gasteiger partial charge on any atom is -0.386 e. The zero-order chi connectivity index (χ0) is 15.8. The summed E-state index contributed by atoms with van der Waals surface area (Å²) in [6.07, 6.45) is 1.60. The second kappa shape index (κ2) is 8.20. The number of hydrogen-bond acceptors (Lipinski definition) is 3. The van der Waals surface area contributed by atoms with Gasteiger partial charge in [-0.1, -0.05) is 53.2 Å². The van der Waals surface area contributed by atoms with Gasteiger partial charge in [0.1, 0.15) is 0 Å². The molecule has 0 aliphatic heterocycles. The Labute approximate surface area is 134 Å². The summed E-state index contributed by atoms with van der Waals surface area (Å²) < 4.78 is 0. The second-order valence-electron chi connectivity index (χ2n) is 4.77. The third kappa shape index (κ3) is 5.22. The molecule has 0 aliphatic rings. The van der Waals surface area contributed by atoms with Gasteiger partial charge in [-0.3, -0.25) is 4.79 Å². The molecule has 2 rings (SSSR count). The number of hydrogen-bond donors (Lipinski definition) is 1. The normalized spacial score (nSPS) is 10.6. The summed E-state index contributed by atoms with van der Waals surface area (Å²) in [5.74, 6) is -0.225. The first kappa shape index (κ1) is 16.0. The molecule has 0 fully saturated rings. The van der Waals surface area contributed by atoms with E-state index in [-0.39, 0.29) is 12.5 Å². The summed E-state index contributed by atoms with van der Waals surface area (Å²) in [7, 11) is 0. The van der Waals surface area contributed by atoms with E-state index in [1.165, 1.54) is 0 Å². The summed E-state index contributed by atoms with van der Waals surface area (Å²) in [6, 6.07) is 15.1. The predicted octanol–water partition coefficient (Wildman–Crippen LogP) is 3.32. The standard InChI is InChI=1S/C17H17ClN2O2/c1-13-4-2-3-5-15(13)11-20-22-12-17(21)19-10-14-6-8-16(18)9-7-14/h2-9,11H,10,12H2,1H3,(H,19,21)/b20-11-. The van der Waals surface area contributed by atoms with Crippen molar-refractivity contribution in [2.24, 2.45) is 5.16 Å². The Bertz CT molecular complexity index is 654. The molecular weight excluding hydrogens is 300 g/mol. The average Bonchev–Trinajstić information content (AvgIpc) is 2.52. The van der Waals surface area contributed by atoms with Crippen molar-refractivity contribution >= 4 is 23.7 Å². The number of rotatable bonds is 6. The van der Waals surface area contributed by atoms with Gasteiger partial charge in [0.15, 0.2) is 6.61 Å². The summed E-state index contributed by atoms with van der Waals surface area (Å²) in [5, 5.41) is 7.22. The maximum absolute atomic E-state index is 11.6. The van der Waals surface area contributed by atoms with Crippen LogP contribution in [0.3, 0.4) is 0 Å². The van der Waals surface area contributed by atoms with Crippen LogP contribution >= 0.6 is 11.6 Å². The lowest BCUT2D eigenvalue weighted by atomic mass is 10.1. The largest absolute Gasteiger partial charge is 0.386 e. The smallest absolute Gasteiger partial charge is 0.261 e. The molecule has 0 bridgehead atoms. The molecule has 1 amide bonds. The number of nitrogens with zero attached hydrogens (tertiary/aromatic N) is 1. The highest BCUT2D eigenvalue weighted by atomic mass is 35.5. The fraction of sp³-hybridized carbons (Fsp3) is 0.176. The van der Waals surface area contributed by atoms with E-state index in [1.807, 2.05) is 43.3 Å². The van der Waals surface area contributed by atoms with Gasteiger partial charge < -0.3 is 10.2 Å². The van der Waals surface area contributed by atoms with Crippen molar-refractivity contribution in [1.29, 1.82) is 0 Å². The van der Waals surface area contributed by atoms with Crippen LogP contribution in [0.4, 0.5) is 0 Å². The van der Waals surface area contributed by atoms with E-state index in [0.29, 0.717) is 11.6 Å². The Morgan fingerprint density at radius 3 is 2.68 bits per heavy atom. The topological polar surface area (TPSA) is 50.7 Å². The number of nitrogens with one attached hydrogen (secondary N) is 1. The molecule has 2 aromatic rings. The molecule has 0 unspecified atom stereocenters. The Morgan fingerprint density at radius 1 is 1.23 bits per heavy atom. The highest BCUT2D eigenvalue weighted by Crippen LogP contribution is 2.09. The van der Waals surface area contributed by atoms with Crippen molar-refractivity contribution in [3.05, 3.63) is 70.2 Å². The van der Waals surface area contributed by atoms with Crippen molar-refractivity contribution in [2.75, 3.05) is 6.61 Å². The average molecular weight is 317 g/mol. The molecule has 0 aromatic heterocycles. The molecule has 4 nitrogen and oxygen atoms in total. The Kier molecular flexibility index (Phi) is 5.98. The van der Waals surface area contributed by atoms with Crippen LogP contribution in [0.5, 0.6) is 0 Å². The van der Waals surface area contributed by atoms with Gasteiger partial charge in [0.05, 0.1) is 6.21 Å². The van der Waals surface area contributed by atoms with Crippen LogP contribution in [-0.4, -0.2) is 18.7 Å². The van der Waals surface area contributed by atoms with Gasteiger partial charge in [-0.25, -0.2) is 0 Å². The highest BCUT2D eigenvalue weighted by molar-refractivity contribution is 6.30. The van der Waals surface area contributed by atoms with Crippen molar-refractivity contribution in [3.63, 3.8) is 0 Å². The maximum Gasteiger partial charge on any atom is 0.261 e. The zero-order valence-corrected chi connectivity index (χ0v) is 13.0. The van der Waals surface area contributed by atoms with Crippen LogP contribution in [0.2, 0.25) is 5.02 Å². The van der Waals surface area contributed by atoms with Gasteiger partial charge in [0, 0.05) is 11.6 Å². The number of oxime groups is 1. The molecule has 0 aliphatic carbocycles.